The van der Waals surface area contributed by atoms with Gasteiger partial charge in [-0.05, 0) is 53.9 Å². The number of benzene rings is 3. The molecular weight excluding hydrogens is 686 g/mol. The van der Waals surface area contributed by atoms with Crippen molar-refractivity contribution in [1.29, 1.82) is 5.26 Å². The van der Waals surface area contributed by atoms with Crippen LogP contribution < -0.4 is 14.2 Å². The lowest BCUT2D eigenvalue weighted by Crippen LogP contribution is -2.49. The third-order valence-electron chi connectivity index (χ3n) is 7.00. The second kappa shape index (κ2) is 14.0. The smallest absolute Gasteiger partial charge is 0.422 e. The Hall–Kier alpha value is -4.75. The molecule has 1 atom stereocenters. The van der Waals surface area contributed by atoms with E-state index in [0.29, 0.717) is 24.1 Å². The lowest BCUT2D eigenvalue weighted by Gasteiger charge is -2.35. The molecule has 0 aliphatic rings. The van der Waals surface area contributed by atoms with Gasteiger partial charge >= 0.3 is 12.4 Å². The molecule has 1 aromatic heterocycles. The van der Waals surface area contributed by atoms with Gasteiger partial charge in [0.15, 0.2) is 19.0 Å². The average Bonchev–Trinajstić information content (AvgIpc) is 3.01. The van der Waals surface area contributed by atoms with Gasteiger partial charge in [0.25, 0.3) is 5.92 Å². The van der Waals surface area contributed by atoms with Crippen molar-refractivity contribution in [2.75, 3.05) is 13.2 Å². The van der Waals surface area contributed by atoms with E-state index in [1.54, 1.807) is 37.3 Å². The summed E-state index contributed by atoms with van der Waals surface area (Å²) >= 11 is 0. The zero-order chi connectivity index (χ0) is 36.3. The normalized spacial score (nSPS) is 13.7. The van der Waals surface area contributed by atoms with Crippen molar-refractivity contribution < 1.29 is 53.0 Å². The monoisotopic (exact) mass is 713 g/mol. The molecule has 0 spiro atoms. The summed E-state index contributed by atoms with van der Waals surface area (Å²) in [7, 11) is -5.20. The van der Waals surface area contributed by atoms with Crippen molar-refractivity contribution >= 4 is 10.0 Å². The van der Waals surface area contributed by atoms with Crippen molar-refractivity contribution in [2.45, 2.75) is 49.0 Å². The summed E-state index contributed by atoms with van der Waals surface area (Å²) < 4.78 is 150. The highest BCUT2D eigenvalue weighted by Crippen LogP contribution is 2.41. The molecule has 49 heavy (non-hydrogen) atoms. The fourth-order valence-electron chi connectivity index (χ4n) is 4.84. The van der Waals surface area contributed by atoms with E-state index in [1.807, 2.05) is 0 Å². The Bertz CT molecular complexity index is 1920. The molecule has 1 heterocycles. The fourth-order valence-corrected chi connectivity index (χ4v) is 6.36. The fraction of sp³-hybridized carbons (Fsp3) is 0.273. The first kappa shape index (κ1) is 37.1. The summed E-state index contributed by atoms with van der Waals surface area (Å²) in [5.41, 5.74) is -3.55. The molecule has 7 nitrogen and oxygen atoms in total. The van der Waals surface area contributed by atoms with E-state index in [1.165, 1.54) is 30.5 Å². The van der Waals surface area contributed by atoms with Gasteiger partial charge in [0.05, 0.1) is 11.3 Å². The van der Waals surface area contributed by atoms with Crippen LogP contribution in [0.2, 0.25) is 0 Å². The summed E-state index contributed by atoms with van der Waals surface area (Å²) in [6.45, 7) is -1.28. The minimum Gasteiger partial charge on any atom is -0.486 e. The molecule has 0 aliphatic carbocycles. The summed E-state index contributed by atoms with van der Waals surface area (Å²) in [4.78, 5) is 3.29. The second-order valence-electron chi connectivity index (χ2n) is 11.1. The van der Waals surface area contributed by atoms with Crippen molar-refractivity contribution in [3.05, 3.63) is 119 Å². The predicted octanol–water partition coefficient (Wildman–Crippen LogP) is 7.72. The van der Waals surface area contributed by atoms with Crippen LogP contribution in [0.5, 0.6) is 11.5 Å². The Kier molecular flexibility index (Phi) is 10.6. The van der Waals surface area contributed by atoms with Gasteiger partial charge < -0.3 is 9.47 Å². The lowest BCUT2D eigenvalue weighted by molar-refractivity contribution is -0.153. The number of sulfonamides is 1. The van der Waals surface area contributed by atoms with Gasteiger partial charge in [-0.2, -0.15) is 36.3 Å². The Morgan fingerprint density at radius 3 is 2.08 bits per heavy atom. The highest BCUT2D eigenvalue weighted by Gasteiger charge is 2.43. The van der Waals surface area contributed by atoms with Crippen LogP contribution in [0.3, 0.4) is 0 Å². The summed E-state index contributed by atoms with van der Waals surface area (Å²) in [5, 5.41) is 9.85. The van der Waals surface area contributed by atoms with Crippen molar-refractivity contribution in [2.24, 2.45) is 0 Å². The first-order valence-corrected chi connectivity index (χ1v) is 15.7. The molecule has 0 aliphatic heterocycles. The first-order chi connectivity index (χ1) is 22.7. The maximum absolute atomic E-state index is 14.4. The van der Waals surface area contributed by atoms with Gasteiger partial charge in [0.1, 0.15) is 27.8 Å². The molecule has 260 valence electrons. The average molecular weight is 714 g/mol. The van der Waals surface area contributed by atoms with Crippen LogP contribution >= 0.6 is 0 Å². The summed E-state index contributed by atoms with van der Waals surface area (Å²) in [6, 6.07) is 17.6. The van der Waals surface area contributed by atoms with E-state index in [-0.39, 0.29) is 17.7 Å². The SMILES string of the molecule is Cc1ccc(C(Cc2ccccc2)(NS(=O)(=O)c2ccc(OCC(C)(F)F)c(C#N)c2OCC(F)(F)F)c2cccc(C(F)(F)F)c2)nc1. The molecule has 0 fully saturated rings. The summed E-state index contributed by atoms with van der Waals surface area (Å²) in [6.07, 6.45) is -8.92. The van der Waals surface area contributed by atoms with Crippen LogP contribution in [-0.4, -0.2) is 38.7 Å². The molecule has 16 heteroatoms. The molecule has 0 radical (unpaired) electrons. The minimum atomic E-state index is -5.20. The number of nitriles is 1. The number of aromatic nitrogens is 1. The highest BCUT2D eigenvalue weighted by atomic mass is 32.2. The number of ether oxygens (including phenoxy) is 2. The van der Waals surface area contributed by atoms with Crippen molar-refractivity contribution in [3.8, 4) is 17.6 Å². The zero-order valence-electron chi connectivity index (χ0n) is 25.7. The quantitative estimate of drug-likeness (QED) is 0.151. The maximum Gasteiger partial charge on any atom is 0.422 e. The van der Waals surface area contributed by atoms with Crippen molar-refractivity contribution in [3.63, 3.8) is 0 Å². The molecule has 1 unspecified atom stereocenters. The third kappa shape index (κ3) is 9.24. The first-order valence-electron chi connectivity index (χ1n) is 14.2. The largest absolute Gasteiger partial charge is 0.486 e. The summed E-state index contributed by atoms with van der Waals surface area (Å²) in [5.74, 6) is -5.33. The topological polar surface area (TPSA) is 101 Å². The Balaban J connectivity index is 2.01. The van der Waals surface area contributed by atoms with Crippen LogP contribution in [0, 0.1) is 18.3 Å². The minimum absolute atomic E-state index is 0.0896. The van der Waals surface area contributed by atoms with E-state index in [4.69, 9.17) is 9.47 Å². The highest BCUT2D eigenvalue weighted by molar-refractivity contribution is 7.89. The maximum atomic E-state index is 14.4. The number of hydrogen-bond acceptors (Lipinski definition) is 6. The number of rotatable bonds is 12. The van der Waals surface area contributed by atoms with Gasteiger partial charge in [-0.25, -0.2) is 17.2 Å². The standard InChI is InChI=1S/C33H27F8N3O4S/c1-21-11-14-28(43-18-21)31(16-22-7-4-3-5-8-22,23-9-6-10-24(15-23)33(39,40)41)44-49(45,46)27-13-12-26(47-19-30(2,34)35)25(17-42)29(27)48-20-32(36,37)38/h3-15,18,44H,16,19-20H2,1-2H3. The van der Waals surface area contributed by atoms with Gasteiger partial charge in [-0.15, -0.1) is 0 Å². The van der Waals surface area contributed by atoms with Gasteiger partial charge in [0, 0.05) is 19.5 Å². The molecule has 3 aromatic carbocycles. The Morgan fingerprint density at radius 1 is 0.837 bits per heavy atom. The van der Waals surface area contributed by atoms with Crippen LogP contribution in [-0.2, 0) is 28.2 Å². The van der Waals surface area contributed by atoms with E-state index >= 15 is 0 Å². The zero-order valence-corrected chi connectivity index (χ0v) is 26.5. The molecule has 0 amide bonds. The number of alkyl halides is 8. The molecule has 0 saturated heterocycles. The lowest BCUT2D eigenvalue weighted by atomic mass is 9.81. The van der Waals surface area contributed by atoms with Crippen molar-refractivity contribution in [1.82, 2.24) is 9.71 Å². The van der Waals surface area contributed by atoms with Crippen LogP contribution in [0.15, 0.2) is 90.0 Å². The number of aryl methyl sites for hydroxylation is 1. The molecule has 4 rings (SSSR count). The van der Waals surface area contributed by atoms with Gasteiger partial charge in [-0.3, -0.25) is 4.98 Å². The van der Waals surface area contributed by atoms with E-state index in [9.17, 15) is 48.8 Å². The van der Waals surface area contributed by atoms with Gasteiger partial charge in [-0.1, -0.05) is 48.5 Å². The molecule has 0 bridgehead atoms. The van der Waals surface area contributed by atoms with E-state index in [2.05, 4.69) is 9.71 Å². The Morgan fingerprint density at radius 2 is 1.51 bits per heavy atom. The van der Waals surface area contributed by atoms with E-state index < -0.39 is 74.6 Å². The third-order valence-corrected chi connectivity index (χ3v) is 8.52. The Labute approximate surface area is 276 Å². The predicted molar refractivity (Wildman–Crippen MR) is 160 cm³/mol. The number of nitrogens with one attached hydrogen (secondary N) is 1. The van der Waals surface area contributed by atoms with Gasteiger partial charge in [0.2, 0.25) is 10.0 Å². The molecule has 1 N–H and O–H groups in total. The number of halogens is 8. The molecule has 0 saturated carbocycles. The van der Waals surface area contributed by atoms with Crippen LogP contribution in [0.1, 0.15) is 40.4 Å². The van der Waals surface area contributed by atoms with Crippen LogP contribution in [0.25, 0.3) is 0 Å². The molecular formula is C33H27F8N3O4S. The van der Waals surface area contributed by atoms with Crippen LogP contribution in [0.4, 0.5) is 35.1 Å². The second-order valence-corrected chi connectivity index (χ2v) is 12.8. The molecule has 4 aromatic rings. The number of nitrogens with zero attached hydrogens (tertiary/aromatic N) is 2. The number of pyridine rings is 1. The number of hydrogen-bond donors (Lipinski definition) is 1. The van der Waals surface area contributed by atoms with E-state index in [0.717, 1.165) is 24.3 Å².